The molecule has 0 radical (unpaired) electrons. The highest BCUT2D eigenvalue weighted by Gasteiger charge is 2.25. The van der Waals surface area contributed by atoms with Crippen molar-refractivity contribution in [3.8, 4) is 0 Å². The molecule has 0 aliphatic rings. The zero-order valence-corrected chi connectivity index (χ0v) is 14.2. The summed E-state index contributed by atoms with van der Waals surface area (Å²) in [7, 11) is 0. The zero-order valence-electron chi connectivity index (χ0n) is 13.5. The first-order chi connectivity index (χ1) is 11.4. The molecule has 3 rings (SSSR count). The Labute approximate surface area is 144 Å². The van der Waals surface area contributed by atoms with Gasteiger partial charge in [-0.2, -0.15) is 0 Å². The van der Waals surface area contributed by atoms with Crippen LogP contribution in [-0.4, -0.2) is 17.4 Å². The Bertz CT molecular complexity index is 901. The van der Waals surface area contributed by atoms with Crippen molar-refractivity contribution < 1.29 is 9.18 Å². The van der Waals surface area contributed by atoms with Crippen LogP contribution in [0.15, 0.2) is 48.7 Å². The summed E-state index contributed by atoms with van der Waals surface area (Å²) in [6.07, 6.45) is 1.87. The van der Waals surface area contributed by atoms with Crippen LogP contribution in [0, 0.1) is 5.82 Å². The molecule has 0 saturated carbocycles. The van der Waals surface area contributed by atoms with E-state index < -0.39 is 0 Å². The van der Waals surface area contributed by atoms with E-state index in [0.29, 0.717) is 17.1 Å². The predicted octanol–water partition coefficient (Wildman–Crippen LogP) is 4.67. The summed E-state index contributed by atoms with van der Waals surface area (Å²) in [5.74, 6) is -0.501. The molecule has 0 fully saturated rings. The van der Waals surface area contributed by atoms with E-state index in [1.807, 2.05) is 20.0 Å². The third kappa shape index (κ3) is 3.15. The van der Waals surface area contributed by atoms with Crippen LogP contribution in [0.1, 0.15) is 29.8 Å². The van der Waals surface area contributed by atoms with Crippen LogP contribution >= 0.6 is 11.6 Å². The maximum absolute atomic E-state index is 13.6. The number of carbonyl (C=O) groups is 1. The molecule has 0 unspecified atom stereocenters. The topological polar surface area (TPSA) is 44.9 Å². The number of H-pyrrole nitrogens is 1. The van der Waals surface area contributed by atoms with E-state index >= 15 is 0 Å². The van der Waals surface area contributed by atoms with E-state index in [4.69, 9.17) is 11.6 Å². The fourth-order valence-electron chi connectivity index (χ4n) is 2.79. The Morgan fingerprint density at radius 1 is 1.25 bits per heavy atom. The summed E-state index contributed by atoms with van der Waals surface area (Å²) in [6, 6.07) is 11.6. The van der Waals surface area contributed by atoms with Gasteiger partial charge in [-0.3, -0.25) is 4.79 Å². The van der Waals surface area contributed by atoms with E-state index in [1.54, 1.807) is 30.3 Å². The van der Waals surface area contributed by atoms with Crippen LogP contribution in [0.3, 0.4) is 0 Å². The number of nitrogens with one attached hydrogen (secondary N) is 2. The summed E-state index contributed by atoms with van der Waals surface area (Å²) >= 11 is 6.06. The van der Waals surface area contributed by atoms with E-state index in [9.17, 15) is 9.18 Å². The van der Waals surface area contributed by atoms with E-state index in [-0.39, 0.29) is 17.1 Å². The second-order valence-corrected chi connectivity index (χ2v) is 6.85. The summed E-state index contributed by atoms with van der Waals surface area (Å²) in [5, 5.41) is 4.16. The molecule has 1 amide bonds. The van der Waals surface area contributed by atoms with Gasteiger partial charge >= 0.3 is 0 Å². The predicted molar refractivity (Wildman–Crippen MR) is 95.1 cm³/mol. The second-order valence-electron chi connectivity index (χ2n) is 6.44. The molecule has 0 saturated heterocycles. The third-order valence-electron chi connectivity index (χ3n) is 4.18. The average molecular weight is 345 g/mol. The number of hydrogen-bond acceptors (Lipinski definition) is 1. The molecule has 2 N–H and O–H groups in total. The number of aromatic amines is 1. The molecule has 3 aromatic rings. The van der Waals surface area contributed by atoms with Crippen molar-refractivity contribution in [2.75, 3.05) is 6.54 Å². The summed E-state index contributed by atoms with van der Waals surface area (Å²) in [6.45, 7) is 4.42. The largest absolute Gasteiger partial charge is 0.361 e. The lowest BCUT2D eigenvalue weighted by atomic mass is 9.84. The molecule has 24 heavy (non-hydrogen) atoms. The van der Waals surface area contributed by atoms with Crippen molar-refractivity contribution in [1.82, 2.24) is 10.3 Å². The number of aromatic nitrogens is 1. The molecule has 3 nitrogen and oxygen atoms in total. The van der Waals surface area contributed by atoms with Crippen molar-refractivity contribution in [3.05, 3.63) is 70.6 Å². The summed E-state index contributed by atoms with van der Waals surface area (Å²) < 4.78 is 13.6. The first kappa shape index (κ1) is 16.5. The van der Waals surface area contributed by atoms with Crippen LogP contribution in [0.25, 0.3) is 10.9 Å². The third-order valence-corrected chi connectivity index (χ3v) is 4.51. The number of hydrogen-bond donors (Lipinski definition) is 2. The number of rotatable bonds is 4. The molecule has 5 heteroatoms. The average Bonchev–Trinajstić information content (AvgIpc) is 2.97. The summed E-state index contributed by atoms with van der Waals surface area (Å²) in [4.78, 5) is 15.5. The van der Waals surface area contributed by atoms with E-state index in [2.05, 4.69) is 10.3 Å². The van der Waals surface area contributed by atoms with Crippen molar-refractivity contribution in [2.45, 2.75) is 19.3 Å². The highest BCUT2D eigenvalue weighted by molar-refractivity contribution is 6.33. The van der Waals surface area contributed by atoms with Gasteiger partial charge in [0.15, 0.2) is 0 Å². The van der Waals surface area contributed by atoms with Gasteiger partial charge in [-0.1, -0.05) is 37.6 Å². The minimum atomic E-state index is -0.372. The Hall–Kier alpha value is -2.33. The van der Waals surface area contributed by atoms with Crippen molar-refractivity contribution in [3.63, 3.8) is 0 Å². The molecular weight excluding hydrogens is 327 g/mol. The fourth-order valence-corrected chi connectivity index (χ4v) is 3.01. The van der Waals surface area contributed by atoms with Gasteiger partial charge in [0.25, 0.3) is 5.91 Å². The van der Waals surface area contributed by atoms with Crippen molar-refractivity contribution in [1.29, 1.82) is 0 Å². The maximum atomic E-state index is 13.6. The Balaban J connectivity index is 1.82. The smallest absolute Gasteiger partial charge is 0.252 e. The van der Waals surface area contributed by atoms with Gasteiger partial charge in [0.2, 0.25) is 0 Å². The highest BCUT2D eigenvalue weighted by atomic mass is 35.5. The lowest BCUT2D eigenvalue weighted by Crippen LogP contribution is -2.36. The Morgan fingerprint density at radius 3 is 2.75 bits per heavy atom. The molecule has 0 aliphatic carbocycles. The van der Waals surface area contributed by atoms with Gasteiger partial charge in [0.1, 0.15) is 5.82 Å². The molecular formula is C19H18ClFN2O. The second kappa shape index (κ2) is 6.29. The molecule has 124 valence electrons. The molecule has 1 aromatic heterocycles. The number of carbonyl (C=O) groups excluding carboxylic acids is 1. The van der Waals surface area contributed by atoms with E-state index in [0.717, 1.165) is 16.5 Å². The van der Waals surface area contributed by atoms with Gasteiger partial charge in [0, 0.05) is 29.1 Å². The standard InChI is InChI=1S/C19H18ClFN2O/c1-19(2,11-23-18(24)13-5-3-4-6-16(13)20)15-10-22-17-8-7-12(21)9-14(15)17/h3-10,22H,11H2,1-2H3,(H,23,24). The van der Waals surface area contributed by atoms with Crippen LogP contribution in [0.4, 0.5) is 4.39 Å². The van der Waals surface area contributed by atoms with Gasteiger partial charge < -0.3 is 10.3 Å². The van der Waals surface area contributed by atoms with Crippen molar-refractivity contribution in [2.24, 2.45) is 0 Å². The number of benzene rings is 2. The molecule has 0 spiro atoms. The Morgan fingerprint density at radius 2 is 2.00 bits per heavy atom. The van der Waals surface area contributed by atoms with Crippen LogP contribution in [0.5, 0.6) is 0 Å². The van der Waals surface area contributed by atoms with Gasteiger partial charge in [-0.15, -0.1) is 0 Å². The number of halogens is 2. The molecule has 0 atom stereocenters. The van der Waals surface area contributed by atoms with Gasteiger partial charge in [-0.25, -0.2) is 4.39 Å². The maximum Gasteiger partial charge on any atom is 0.252 e. The van der Waals surface area contributed by atoms with Gasteiger partial charge in [0.05, 0.1) is 10.6 Å². The van der Waals surface area contributed by atoms with Crippen LogP contribution in [-0.2, 0) is 5.41 Å². The zero-order chi connectivity index (χ0) is 17.3. The first-order valence-corrected chi connectivity index (χ1v) is 8.06. The quantitative estimate of drug-likeness (QED) is 0.710. The molecule has 2 aromatic carbocycles. The lowest BCUT2D eigenvalue weighted by Gasteiger charge is -2.25. The van der Waals surface area contributed by atoms with Crippen LogP contribution in [0.2, 0.25) is 5.02 Å². The highest BCUT2D eigenvalue weighted by Crippen LogP contribution is 2.30. The number of fused-ring (bicyclic) bond motifs is 1. The van der Waals surface area contributed by atoms with Gasteiger partial charge in [-0.05, 0) is 35.9 Å². The molecule has 0 aliphatic heterocycles. The summed E-state index contributed by atoms with van der Waals surface area (Å²) in [5.41, 5.74) is 1.90. The lowest BCUT2D eigenvalue weighted by molar-refractivity contribution is 0.0946. The minimum Gasteiger partial charge on any atom is -0.361 e. The number of amides is 1. The SMILES string of the molecule is CC(C)(CNC(=O)c1ccccc1Cl)c1c[nH]c2ccc(F)cc12. The van der Waals surface area contributed by atoms with E-state index in [1.165, 1.54) is 12.1 Å². The normalized spacial score (nSPS) is 11.7. The fraction of sp³-hybridized carbons (Fsp3) is 0.211. The molecule has 1 heterocycles. The van der Waals surface area contributed by atoms with Crippen LogP contribution < -0.4 is 5.32 Å². The van der Waals surface area contributed by atoms with Crippen molar-refractivity contribution >= 4 is 28.4 Å². The Kier molecular flexibility index (Phi) is 4.33. The minimum absolute atomic E-state index is 0.223. The monoisotopic (exact) mass is 344 g/mol. The molecule has 0 bridgehead atoms. The first-order valence-electron chi connectivity index (χ1n) is 7.68.